The van der Waals surface area contributed by atoms with E-state index in [4.69, 9.17) is 4.74 Å². The van der Waals surface area contributed by atoms with Crippen LogP contribution in [0.15, 0.2) is 0 Å². The molecular formula is C20H38N2O3. The molecule has 0 aromatic rings. The average molecular weight is 355 g/mol. The maximum atomic E-state index is 12.6. The Labute approximate surface area is 153 Å². The molecule has 0 radical (unpaired) electrons. The maximum Gasteiger partial charge on any atom is 0.242 e. The highest BCUT2D eigenvalue weighted by Gasteiger charge is 2.31. The summed E-state index contributed by atoms with van der Waals surface area (Å²) < 4.78 is 5.27. The molecule has 146 valence electrons. The van der Waals surface area contributed by atoms with Gasteiger partial charge in [-0.3, -0.25) is 9.59 Å². The second-order valence-corrected chi connectivity index (χ2v) is 7.93. The Morgan fingerprint density at radius 3 is 2.24 bits per heavy atom. The summed E-state index contributed by atoms with van der Waals surface area (Å²) in [4.78, 5) is 25.0. The van der Waals surface area contributed by atoms with Crippen LogP contribution in [-0.2, 0) is 14.3 Å². The van der Waals surface area contributed by atoms with Gasteiger partial charge in [-0.1, -0.05) is 27.7 Å². The summed E-state index contributed by atoms with van der Waals surface area (Å²) in [5, 5.41) is 5.92. The normalized spacial score (nSPS) is 22.0. The van der Waals surface area contributed by atoms with Crippen LogP contribution in [0, 0.1) is 23.7 Å². The standard InChI is InChI=1S/C20H38N2O3/c1-6-25-13-7-12-21-20(24)18(15(4)5)22-19(23)17-10-8-16(9-11-17)14(2)3/h14-18H,6-13H2,1-5H3,(H,21,24)(H,22,23)/t16?,17?,18-/m0/s1. The molecule has 1 atom stereocenters. The van der Waals surface area contributed by atoms with Crippen LogP contribution >= 0.6 is 0 Å². The van der Waals surface area contributed by atoms with Crippen LogP contribution in [0.3, 0.4) is 0 Å². The fourth-order valence-electron chi connectivity index (χ4n) is 3.49. The van der Waals surface area contributed by atoms with Crippen LogP contribution in [0.2, 0.25) is 0 Å². The zero-order valence-corrected chi connectivity index (χ0v) is 16.8. The van der Waals surface area contributed by atoms with E-state index in [-0.39, 0.29) is 23.7 Å². The molecule has 0 heterocycles. The van der Waals surface area contributed by atoms with Gasteiger partial charge < -0.3 is 15.4 Å². The van der Waals surface area contributed by atoms with Gasteiger partial charge in [0.05, 0.1) is 0 Å². The zero-order valence-electron chi connectivity index (χ0n) is 16.8. The summed E-state index contributed by atoms with van der Waals surface area (Å²) in [6.45, 7) is 12.3. The molecule has 2 N–H and O–H groups in total. The molecule has 5 nitrogen and oxygen atoms in total. The Morgan fingerprint density at radius 1 is 1.08 bits per heavy atom. The van der Waals surface area contributed by atoms with Gasteiger partial charge in [0.25, 0.3) is 0 Å². The lowest BCUT2D eigenvalue weighted by Crippen LogP contribution is -2.51. The van der Waals surface area contributed by atoms with Crippen molar-refractivity contribution < 1.29 is 14.3 Å². The second-order valence-electron chi connectivity index (χ2n) is 7.93. The molecule has 0 unspecified atom stereocenters. The minimum absolute atomic E-state index is 0.0466. The summed E-state index contributed by atoms with van der Waals surface area (Å²) in [6.07, 6.45) is 4.90. The number of amides is 2. The molecule has 0 aliphatic heterocycles. The Balaban J connectivity index is 2.43. The first-order chi connectivity index (χ1) is 11.9. The van der Waals surface area contributed by atoms with Crippen molar-refractivity contribution in [2.75, 3.05) is 19.8 Å². The van der Waals surface area contributed by atoms with Crippen LogP contribution in [0.1, 0.15) is 66.7 Å². The van der Waals surface area contributed by atoms with Gasteiger partial charge >= 0.3 is 0 Å². The lowest BCUT2D eigenvalue weighted by Gasteiger charge is -2.31. The fourth-order valence-corrected chi connectivity index (χ4v) is 3.49. The predicted molar refractivity (Wildman–Crippen MR) is 101 cm³/mol. The third-order valence-electron chi connectivity index (χ3n) is 5.30. The minimum atomic E-state index is -0.456. The van der Waals surface area contributed by atoms with E-state index in [0.717, 1.165) is 38.0 Å². The van der Waals surface area contributed by atoms with Crippen LogP contribution in [-0.4, -0.2) is 37.6 Å². The van der Waals surface area contributed by atoms with Crippen molar-refractivity contribution in [1.82, 2.24) is 10.6 Å². The Bertz CT molecular complexity index is 402. The van der Waals surface area contributed by atoms with E-state index in [1.54, 1.807) is 0 Å². The third kappa shape index (κ3) is 7.76. The lowest BCUT2D eigenvalue weighted by atomic mass is 9.76. The van der Waals surface area contributed by atoms with Crippen LogP contribution < -0.4 is 10.6 Å². The fraction of sp³-hybridized carbons (Fsp3) is 0.900. The molecule has 0 aromatic heterocycles. The number of ether oxygens (including phenoxy) is 1. The first kappa shape index (κ1) is 21.9. The van der Waals surface area contributed by atoms with Crippen molar-refractivity contribution in [3.05, 3.63) is 0 Å². The van der Waals surface area contributed by atoms with E-state index >= 15 is 0 Å². The van der Waals surface area contributed by atoms with Gasteiger partial charge in [0.1, 0.15) is 6.04 Å². The molecule has 1 fully saturated rings. The number of carbonyl (C=O) groups excluding carboxylic acids is 2. The summed E-state index contributed by atoms with van der Waals surface area (Å²) >= 11 is 0. The van der Waals surface area contributed by atoms with Crippen molar-refractivity contribution in [2.45, 2.75) is 72.8 Å². The molecule has 25 heavy (non-hydrogen) atoms. The van der Waals surface area contributed by atoms with Crippen LogP contribution in [0.25, 0.3) is 0 Å². The topological polar surface area (TPSA) is 67.4 Å². The lowest BCUT2D eigenvalue weighted by molar-refractivity contribution is -0.133. The number of carbonyl (C=O) groups is 2. The molecule has 1 saturated carbocycles. The highest BCUT2D eigenvalue weighted by atomic mass is 16.5. The summed E-state index contributed by atoms with van der Waals surface area (Å²) in [7, 11) is 0. The van der Waals surface area contributed by atoms with Gasteiger partial charge in [-0.2, -0.15) is 0 Å². The van der Waals surface area contributed by atoms with Gasteiger partial charge in [-0.05, 0) is 56.8 Å². The van der Waals surface area contributed by atoms with Crippen LogP contribution in [0.4, 0.5) is 0 Å². The quantitative estimate of drug-likeness (QED) is 0.592. The van der Waals surface area contributed by atoms with Crippen LogP contribution in [0.5, 0.6) is 0 Å². The summed E-state index contributed by atoms with van der Waals surface area (Å²) in [5.41, 5.74) is 0. The summed E-state index contributed by atoms with van der Waals surface area (Å²) in [5.74, 6) is 1.51. The molecule has 1 aliphatic carbocycles. The van der Waals surface area contributed by atoms with Crippen molar-refractivity contribution in [1.29, 1.82) is 0 Å². The van der Waals surface area contributed by atoms with Gasteiger partial charge in [0.2, 0.25) is 11.8 Å². The Hall–Kier alpha value is -1.10. The van der Waals surface area contributed by atoms with Gasteiger partial charge in [0, 0.05) is 25.7 Å². The predicted octanol–water partition coefficient (Wildman–Crippen LogP) is 3.13. The summed E-state index contributed by atoms with van der Waals surface area (Å²) in [6, 6.07) is -0.456. The van der Waals surface area contributed by atoms with E-state index in [0.29, 0.717) is 25.7 Å². The molecule has 0 spiro atoms. The first-order valence-electron chi connectivity index (χ1n) is 10.0. The first-order valence-corrected chi connectivity index (χ1v) is 10.0. The van der Waals surface area contributed by atoms with Crippen molar-refractivity contribution in [3.8, 4) is 0 Å². The maximum absolute atomic E-state index is 12.6. The molecule has 1 rings (SSSR count). The molecular weight excluding hydrogens is 316 g/mol. The highest BCUT2D eigenvalue weighted by molar-refractivity contribution is 5.88. The van der Waals surface area contributed by atoms with E-state index in [1.165, 1.54) is 0 Å². The molecule has 2 amide bonds. The van der Waals surface area contributed by atoms with Crippen molar-refractivity contribution in [3.63, 3.8) is 0 Å². The highest BCUT2D eigenvalue weighted by Crippen LogP contribution is 2.33. The van der Waals surface area contributed by atoms with E-state index in [1.807, 2.05) is 20.8 Å². The molecule has 1 aliphatic rings. The van der Waals surface area contributed by atoms with E-state index < -0.39 is 6.04 Å². The Morgan fingerprint density at radius 2 is 1.72 bits per heavy atom. The number of rotatable bonds is 10. The van der Waals surface area contributed by atoms with Gasteiger partial charge in [-0.25, -0.2) is 0 Å². The minimum Gasteiger partial charge on any atom is -0.382 e. The third-order valence-corrected chi connectivity index (χ3v) is 5.30. The van der Waals surface area contributed by atoms with E-state index in [2.05, 4.69) is 24.5 Å². The molecule has 0 saturated heterocycles. The monoisotopic (exact) mass is 354 g/mol. The molecule has 0 bridgehead atoms. The van der Waals surface area contributed by atoms with Gasteiger partial charge in [-0.15, -0.1) is 0 Å². The Kier molecular flexibility index (Phi) is 10.1. The largest absolute Gasteiger partial charge is 0.382 e. The number of hydrogen-bond acceptors (Lipinski definition) is 3. The van der Waals surface area contributed by atoms with Crippen molar-refractivity contribution in [2.24, 2.45) is 23.7 Å². The number of nitrogens with one attached hydrogen (secondary N) is 2. The number of hydrogen-bond donors (Lipinski definition) is 2. The molecule has 5 heteroatoms. The van der Waals surface area contributed by atoms with E-state index in [9.17, 15) is 9.59 Å². The second kappa shape index (κ2) is 11.5. The smallest absolute Gasteiger partial charge is 0.242 e. The SMILES string of the molecule is CCOCCCNC(=O)[C@@H](NC(=O)C1CCC(C(C)C)CC1)C(C)C. The zero-order chi connectivity index (χ0) is 18.8. The average Bonchev–Trinajstić information content (AvgIpc) is 2.58. The van der Waals surface area contributed by atoms with Crippen molar-refractivity contribution >= 4 is 11.8 Å². The van der Waals surface area contributed by atoms with Gasteiger partial charge in [0.15, 0.2) is 0 Å². The molecule has 0 aromatic carbocycles.